The molecule has 168 valence electrons. The highest BCUT2D eigenvalue weighted by Crippen LogP contribution is 2.44. The highest BCUT2D eigenvalue weighted by molar-refractivity contribution is 5.95. The fraction of sp³-hybridized carbons (Fsp3) is 0.458. The van der Waals surface area contributed by atoms with Crippen LogP contribution in [-0.4, -0.2) is 45.1 Å². The number of amides is 1. The highest BCUT2D eigenvalue weighted by atomic mass is 16.6. The van der Waals surface area contributed by atoms with Gasteiger partial charge in [-0.3, -0.25) is 9.59 Å². The number of hydrogen-bond donors (Lipinski definition) is 2. The van der Waals surface area contributed by atoms with Gasteiger partial charge in [0.2, 0.25) is 5.75 Å². The Morgan fingerprint density at radius 2 is 2.06 bits per heavy atom. The van der Waals surface area contributed by atoms with Crippen LogP contribution < -0.4 is 11.0 Å². The second-order valence-electron chi connectivity index (χ2n) is 9.23. The van der Waals surface area contributed by atoms with E-state index in [1.165, 1.54) is 5.56 Å². The van der Waals surface area contributed by atoms with Gasteiger partial charge in [-0.2, -0.15) is 10.5 Å². The fourth-order valence-corrected chi connectivity index (χ4v) is 5.31. The molecule has 1 fully saturated rings. The molecule has 0 unspecified atom stereocenters. The maximum atomic E-state index is 12.9. The van der Waals surface area contributed by atoms with Gasteiger partial charge in [0.25, 0.3) is 5.91 Å². The number of carbonyl (C=O) groups excluding carboxylic acids is 1. The van der Waals surface area contributed by atoms with Gasteiger partial charge in [0, 0.05) is 37.0 Å². The van der Waals surface area contributed by atoms with Crippen LogP contribution in [0.15, 0.2) is 35.3 Å². The molecule has 3 aliphatic rings. The summed E-state index contributed by atoms with van der Waals surface area (Å²) >= 11 is 0. The summed E-state index contributed by atoms with van der Waals surface area (Å²) in [6.45, 7) is 3.12. The third-order valence-corrected chi connectivity index (χ3v) is 7.32. The van der Waals surface area contributed by atoms with Crippen LogP contribution in [0.5, 0.6) is 5.75 Å². The summed E-state index contributed by atoms with van der Waals surface area (Å²) < 4.78 is 1.77. The fourth-order valence-electron chi connectivity index (χ4n) is 5.31. The van der Waals surface area contributed by atoms with Gasteiger partial charge < -0.3 is 19.4 Å². The second-order valence-corrected chi connectivity index (χ2v) is 9.23. The van der Waals surface area contributed by atoms with Crippen LogP contribution in [0.4, 0.5) is 0 Å². The van der Waals surface area contributed by atoms with Crippen molar-refractivity contribution in [2.24, 2.45) is 0 Å². The van der Waals surface area contributed by atoms with Gasteiger partial charge in [-0.25, -0.2) is 0 Å². The Balaban J connectivity index is 1.59. The Kier molecular flexibility index (Phi) is 5.04. The van der Waals surface area contributed by atoms with Gasteiger partial charge in [-0.05, 0) is 30.9 Å². The number of aromatic hydroxyl groups is 1. The minimum atomic E-state index is -0.733. The molecule has 0 radical (unpaired) electrons. The second kappa shape index (κ2) is 7.78. The molecular formula is C24H28N4O4. The topological polar surface area (TPSA) is 96.7 Å². The first-order valence-electron chi connectivity index (χ1n) is 11.2. The van der Waals surface area contributed by atoms with E-state index in [1.54, 1.807) is 22.8 Å². The lowest BCUT2D eigenvalue weighted by Crippen LogP contribution is -2.47. The van der Waals surface area contributed by atoms with E-state index in [9.17, 15) is 14.7 Å². The average Bonchev–Trinajstić information content (AvgIpc) is 3.49. The lowest BCUT2D eigenvalue weighted by atomic mass is 9.75. The molecule has 3 heterocycles. The smallest absolute Gasteiger partial charge is 0.315 e. The van der Waals surface area contributed by atoms with E-state index in [4.69, 9.17) is 4.84 Å². The van der Waals surface area contributed by atoms with Crippen molar-refractivity contribution in [3.05, 3.63) is 63.5 Å². The van der Waals surface area contributed by atoms with Crippen LogP contribution in [0.1, 0.15) is 60.0 Å². The maximum Gasteiger partial charge on any atom is 0.315 e. The zero-order chi connectivity index (χ0) is 22.5. The summed E-state index contributed by atoms with van der Waals surface area (Å²) in [5.74, 6) is -0.320. The Bertz CT molecular complexity index is 1160. The zero-order valence-corrected chi connectivity index (χ0v) is 18.4. The third-order valence-electron chi connectivity index (χ3n) is 7.32. The van der Waals surface area contributed by atoms with Crippen molar-refractivity contribution in [2.75, 3.05) is 13.6 Å². The largest absolute Gasteiger partial charge is 0.501 e. The van der Waals surface area contributed by atoms with Crippen molar-refractivity contribution in [1.82, 2.24) is 19.9 Å². The lowest BCUT2D eigenvalue weighted by molar-refractivity contribution is 0.0660. The summed E-state index contributed by atoms with van der Waals surface area (Å²) in [5, 5.41) is 10.4. The molecule has 0 spiro atoms. The average molecular weight is 437 g/mol. The first-order valence-corrected chi connectivity index (χ1v) is 11.2. The normalized spacial score (nSPS) is 21.9. The van der Waals surface area contributed by atoms with E-state index in [-0.39, 0.29) is 23.1 Å². The Morgan fingerprint density at radius 1 is 1.28 bits per heavy atom. The molecule has 2 aliphatic heterocycles. The first kappa shape index (κ1) is 20.8. The number of hydrogen-bond acceptors (Lipinski definition) is 6. The minimum Gasteiger partial charge on any atom is -0.501 e. The lowest BCUT2D eigenvalue weighted by Gasteiger charge is -2.36. The third kappa shape index (κ3) is 3.30. The molecule has 5 rings (SSSR count). The van der Waals surface area contributed by atoms with Crippen LogP contribution in [0.25, 0.3) is 5.57 Å². The Labute approximate surface area is 186 Å². The molecule has 1 atom stereocenters. The quantitative estimate of drug-likeness (QED) is 0.764. The number of aromatic nitrogens is 2. The highest BCUT2D eigenvalue weighted by Gasteiger charge is 2.40. The molecule has 2 aromatic rings. The van der Waals surface area contributed by atoms with Gasteiger partial charge in [0.15, 0.2) is 5.69 Å². The molecule has 1 aromatic heterocycles. The van der Waals surface area contributed by atoms with Crippen LogP contribution >= 0.6 is 0 Å². The SMILES string of the molecule is C[C@H]1Cn2c(CC3(c4cccc(C5=CONC5)c4)CCCC3)nc(=O)c(O)c2C(=O)N1C. The van der Waals surface area contributed by atoms with Gasteiger partial charge in [-0.15, -0.1) is 0 Å². The number of fused-ring (bicyclic) bond motifs is 1. The number of carbonyl (C=O) groups is 1. The summed E-state index contributed by atoms with van der Waals surface area (Å²) in [5.41, 5.74) is 5.44. The zero-order valence-electron chi connectivity index (χ0n) is 18.4. The molecule has 1 aliphatic carbocycles. The predicted molar refractivity (Wildman–Crippen MR) is 119 cm³/mol. The molecule has 1 aromatic carbocycles. The van der Waals surface area contributed by atoms with E-state index < -0.39 is 11.3 Å². The van der Waals surface area contributed by atoms with Crippen molar-refractivity contribution in [3.8, 4) is 5.75 Å². The summed E-state index contributed by atoms with van der Waals surface area (Å²) in [7, 11) is 1.70. The monoisotopic (exact) mass is 436 g/mol. The van der Waals surface area contributed by atoms with E-state index in [1.807, 2.05) is 6.92 Å². The molecule has 0 bridgehead atoms. The van der Waals surface area contributed by atoms with Crippen LogP contribution in [0.2, 0.25) is 0 Å². The number of benzene rings is 1. The number of nitrogens with zero attached hydrogens (tertiary/aromatic N) is 3. The van der Waals surface area contributed by atoms with Crippen molar-refractivity contribution in [3.63, 3.8) is 0 Å². The molecule has 0 saturated heterocycles. The van der Waals surface area contributed by atoms with Crippen molar-refractivity contribution < 1.29 is 14.7 Å². The van der Waals surface area contributed by atoms with Gasteiger partial charge in [0.05, 0.1) is 6.54 Å². The van der Waals surface area contributed by atoms with E-state index in [2.05, 4.69) is 34.7 Å². The molecular weight excluding hydrogens is 408 g/mol. The van der Waals surface area contributed by atoms with Crippen LogP contribution in [-0.2, 0) is 23.2 Å². The molecule has 1 saturated carbocycles. The number of hydroxylamine groups is 1. The Hall–Kier alpha value is -3.13. The molecule has 32 heavy (non-hydrogen) atoms. The maximum absolute atomic E-state index is 12.9. The number of rotatable bonds is 4. The minimum absolute atomic E-state index is 0.0536. The molecule has 2 N–H and O–H groups in total. The summed E-state index contributed by atoms with van der Waals surface area (Å²) in [6, 6.07) is 8.45. The van der Waals surface area contributed by atoms with Crippen molar-refractivity contribution in [1.29, 1.82) is 0 Å². The van der Waals surface area contributed by atoms with E-state index in [0.717, 1.165) is 36.8 Å². The van der Waals surface area contributed by atoms with E-state index >= 15 is 0 Å². The molecule has 8 nitrogen and oxygen atoms in total. The summed E-state index contributed by atoms with van der Waals surface area (Å²) in [4.78, 5) is 36.4. The first-order chi connectivity index (χ1) is 15.4. The molecule has 8 heteroatoms. The van der Waals surface area contributed by atoms with Gasteiger partial charge in [-0.1, -0.05) is 37.1 Å². The van der Waals surface area contributed by atoms with Crippen LogP contribution in [0.3, 0.4) is 0 Å². The Morgan fingerprint density at radius 3 is 2.78 bits per heavy atom. The van der Waals surface area contributed by atoms with Crippen molar-refractivity contribution >= 4 is 11.5 Å². The van der Waals surface area contributed by atoms with E-state index in [0.29, 0.717) is 25.3 Å². The number of likely N-dealkylation sites (N-methyl/N-ethyl adjacent to an activating group) is 1. The molecule has 1 amide bonds. The number of nitrogens with one attached hydrogen (secondary N) is 1. The van der Waals surface area contributed by atoms with Gasteiger partial charge >= 0.3 is 5.56 Å². The standard InChI is InChI=1S/C24H28N4O4/c1-15-13-28-19(26-22(30)21(29)20(28)23(31)27(15)2)11-24(8-3-4-9-24)18-7-5-6-16(10-18)17-12-25-32-14-17/h5-7,10,14-15,25,29H,3-4,8-9,11-13H2,1-2H3/t15-/m0/s1. The predicted octanol–water partition coefficient (Wildman–Crippen LogP) is 2.35. The van der Waals surface area contributed by atoms with Crippen LogP contribution in [0, 0.1) is 0 Å². The van der Waals surface area contributed by atoms with Crippen molar-refractivity contribution in [2.45, 2.75) is 57.0 Å². The summed E-state index contributed by atoms with van der Waals surface area (Å²) in [6.07, 6.45) is 6.47. The van der Waals surface area contributed by atoms with Gasteiger partial charge in [0.1, 0.15) is 12.1 Å².